The summed E-state index contributed by atoms with van der Waals surface area (Å²) in [5.41, 5.74) is 6.48. The number of nitrogens with zero attached hydrogens (tertiary/aromatic N) is 2. The Morgan fingerprint density at radius 2 is 2.00 bits per heavy atom. The van der Waals surface area contributed by atoms with Crippen molar-refractivity contribution in [2.75, 3.05) is 12.4 Å². The van der Waals surface area contributed by atoms with E-state index in [1.807, 2.05) is 23.7 Å². The van der Waals surface area contributed by atoms with Gasteiger partial charge in [0, 0.05) is 16.8 Å². The fourth-order valence-electron chi connectivity index (χ4n) is 3.27. The van der Waals surface area contributed by atoms with Gasteiger partial charge in [-0.1, -0.05) is 24.3 Å². The van der Waals surface area contributed by atoms with E-state index in [0.29, 0.717) is 5.75 Å². The van der Waals surface area contributed by atoms with E-state index in [4.69, 9.17) is 4.74 Å². The topological polar surface area (TPSA) is 59.3 Å². The SMILES string of the molecule is COc1cc([C@H]2Nc3c(C)cccc3-c3cc(C)nn32)ccc1O. The zero-order valence-electron chi connectivity index (χ0n) is 13.9. The predicted octanol–water partition coefficient (Wildman–Crippen LogP) is 3.85. The molecule has 4 rings (SSSR count). The Hall–Kier alpha value is -2.95. The average molecular weight is 321 g/mol. The summed E-state index contributed by atoms with van der Waals surface area (Å²) >= 11 is 0. The Labute approximate surface area is 140 Å². The second kappa shape index (κ2) is 5.30. The maximum atomic E-state index is 9.87. The molecule has 1 aliphatic rings. The minimum atomic E-state index is -0.156. The van der Waals surface area contributed by atoms with Crippen molar-refractivity contribution in [3.63, 3.8) is 0 Å². The highest BCUT2D eigenvalue weighted by atomic mass is 16.5. The molecule has 1 aliphatic heterocycles. The van der Waals surface area contributed by atoms with Crippen LogP contribution in [-0.4, -0.2) is 22.0 Å². The van der Waals surface area contributed by atoms with Gasteiger partial charge in [0.05, 0.1) is 18.5 Å². The summed E-state index contributed by atoms with van der Waals surface area (Å²) in [4.78, 5) is 0. The van der Waals surface area contributed by atoms with Crippen molar-refractivity contribution in [3.8, 4) is 22.8 Å². The number of para-hydroxylation sites is 1. The van der Waals surface area contributed by atoms with E-state index in [-0.39, 0.29) is 11.9 Å². The normalized spacial score (nSPS) is 15.4. The minimum Gasteiger partial charge on any atom is -0.504 e. The van der Waals surface area contributed by atoms with Gasteiger partial charge in [-0.25, -0.2) is 4.68 Å². The van der Waals surface area contributed by atoms with E-state index in [1.165, 1.54) is 5.56 Å². The molecule has 0 aliphatic carbocycles. The quantitative estimate of drug-likeness (QED) is 0.752. The Kier molecular flexibility index (Phi) is 3.23. The lowest BCUT2D eigenvalue weighted by Gasteiger charge is -2.30. The highest BCUT2D eigenvalue weighted by molar-refractivity contribution is 5.81. The third-order valence-electron chi connectivity index (χ3n) is 4.45. The Morgan fingerprint density at radius 3 is 2.79 bits per heavy atom. The second-order valence-electron chi connectivity index (χ2n) is 6.09. The minimum absolute atomic E-state index is 0.130. The van der Waals surface area contributed by atoms with Gasteiger partial charge in [0.15, 0.2) is 11.5 Å². The third-order valence-corrected chi connectivity index (χ3v) is 4.45. The highest BCUT2D eigenvalue weighted by Crippen LogP contribution is 2.41. The molecule has 1 aromatic heterocycles. The summed E-state index contributed by atoms with van der Waals surface area (Å²) in [5.74, 6) is 0.584. The van der Waals surface area contributed by atoms with Gasteiger partial charge in [-0.05, 0) is 37.6 Å². The molecule has 24 heavy (non-hydrogen) atoms. The van der Waals surface area contributed by atoms with Crippen molar-refractivity contribution in [2.45, 2.75) is 20.0 Å². The van der Waals surface area contributed by atoms with Gasteiger partial charge in [-0.2, -0.15) is 5.10 Å². The Bertz CT molecular complexity index is 930. The second-order valence-corrected chi connectivity index (χ2v) is 6.09. The average Bonchev–Trinajstić information content (AvgIpc) is 2.97. The van der Waals surface area contributed by atoms with E-state index in [2.05, 4.69) is 41.6 Å². The van der Waals surface area contributed by atoms with Crippen LogP contribution >= 0.6 is 0 Å². The maximum absolute atomic E-state index is 9.87. The molecule has 5 nitrogen and oxygen atoms in total. The van der Waals surface area contributed by atoms with Gasteiger partial charge in [0.2, 0.25) is 0 Å². The molecule has 0 spiro atoms. The summed E-state index contributed by atoms with van der Waals surface area (Å²) in [6.07, 6.45) is -0.156. The monoisotopic (exact) mass is 321 g/mol. The molecular weight excluding hydrogens is 302 g/mol. The number of phenolic OH excluding ortho intramolecular Hbond substituents is 1. The van der Waals surface area contributed by atoms with Crippen molar-refractivity contribution < 1.29 is 9.84 Å². The number of rotatable bonds is 2. The number of phenols is 1. The van der Waals surface area contributed by atoms with Crippen LogP contribution in [0.5, 0.6) is 11.5 Å². The molecule has 0 radical (unpaired) electrons. The number of ether oxygens (including phenoxy) is 1. The number of methoxy groups -OCH3 is 1. The zero-order valence-corrected chi connectivity index (χ0v) is 13.9. The van der Waals surface area contributed by atoms with Crippen LogP contribution in [0.4, 0.5) is 5.69 Å². The fraction of sp³-hybridized carbons (Fsp3) is 0.211. The summed E-state index contributed by atoms with van der Waals surface area (Å²) in [7, 11) is 1.55. The van der Waals surface area contributed by atoms with Crippen LogP contribution < -0.4 is 10.1 Å². The molecule has 0 saturated heterocycles. The molecule has 122 valence electrons. The number of fused-ring (bicyclic) bond motifs is 3. The lowest BCUT2D eigenvalue weighted by molar-refractivity contribution is 0.372. The molecule has 0 amide bonds. The molecule has 2 aromatic carbocycles. The van der Waals surface area contributed by atoms with Crippen LogP contribution in [-0.2, 0) is 0 Å². The molecule has 0 unspecified atom stereocenters. The number of aryl methyl sites for hydroxylation is 2. The maximum Gasteiger partial charge on any atom is 0.160 e. The van der Waals surface area contributed by atoms with Crippen molar-refractivity contribution in [1.29, 1.82) is 0 Å². The molecule has 5 heteroatoms. The summed E-state index contributed by atoms with van der Waals surface area (Å²) in [6.45, 7) is 4.09. The van der Waals surface area contributed by atoms with Gasteiger partial charge in [0.1, 0.15) is 6.17 Å². The molecule has 3 aromatic rings. The first-order chi connectivity index (χ1) is 11.6. The molecule has 0 saturated carbocycles. The Morgan fingerprint density at radius 1 is 1.17 bits per heavy atom. The third kappa shape index (κ3) is 2.12. The number of aromatic nitrogens is 2. The van der Waals surface area contributed by atoms with Crippen molar-refractivity contribution in [2.24, 2.45) is 0 Å². The van der Waals surface area contributed by atoms with E-state index in [1.54, 1.807) is 13.2 Å². The van der Waals surface area contributed by atoms with Gasteiger partial charge >= 0.3 is 0 Å². The van der Waals surface area contributed by atoms with Crippen molar-refractivity contribution in [3.05, 3.63) is 59.3 Å². The van der Waals surface area contributed by atoms with Gasteiger partial charge in [-0.15, -0.1) is 0 Å². The molecule has 0 bridgehead atoms. The summed E-state index contributed by atoms with van der Waals surface area (Å²) in [5, 5.41) is 18.1. The van der Waals surface area contributed by atoms with Gasteiger partial charge in [-0.3, -0.25) is 0 Å². The van der Waals surface area contributed by atoms with Crippen LogP contribution in [0.1, 0.15) is 23.0 Å². The fourth-order valence-corrected chi connectivity index (χ4v) is 3.27. The van der Waals surface area contributed by atoms with E-state index in [0.717, 1.165) is 28.2 Å². The van der Waals surface area contributed by atoms with E-state index >= 15 is 0 Å². The van der Waals surface area contributed by atoms with E-state index in [9.17, 15) is 5.11 Å². The molecule has 2 heterocycles. The number of nitrogens with one attached hydrogen (secondary N) is 1. The molecular formula is C19H19N3O2. The smallest absolute Gasteiger partial charge is 0.160 e. The van der Waals surface area contributed by atoms with Gasteiger partial charge in [0.25, 0.3) is 0 Å². The summed E-state index contributed by atoms with van der Waals surface area (Å²) in [6, 6.07) is 13.8. The highest BCUT2D eigenvalue weighted by Gasteiger charge is 2.27. The summed E-state index contributed by atoms with van der Waals surface area (Å²) < 4.78 is 7.24. The van der Waals surface area contributed by atoms with Crippen LogP contribution in [0.2, 0.25) is 0 Å². The van der Waals surface area contributed by atoms with Crippen molar-refractivity contribution >= 4 is 5.69 Å². The number of benzene rings is 2. The Balaban J connectivity index is 1.91. The number of hydrogen-bond donors (Lipinski definition) is 2. The van der Waals surface area contributed by atoms with Gasteiger partial charge < -0.3 is 15.2 Å². The van der Waals surface area contributed by atoms with Crippen LogP contribution in [0, 0.1) is 13.8 Å². The number of anilines is 1. The van der Waals surface area contributed by atoms with Crippen LogP contribution in [0.25, 0.3) is 11.3 Å². The molecule has 0 fully saturated rings. The van der Waals surface area contributed by atoms with Crippen LogP contribution in [0.15, 0.2) is 42.5 Å². The number of hydrogen-bond acceptors (Lipinski definition) is 4. The molecule has 2 N–H and O–H groups in total. The lowest BCUT2D eigenvalue weighted by atomic mass is 10.0. The van der Waals surface area contributed by atoms with E-state index < -0.39 is 0 Å². The first kappa shape index (κ1) is 14.6. The predicted molar refractivity (Wildman–Crippen MR) is 93.6 cm³/mol. The van der Waals surface area contributed by atoms with Crippen LogP contribution in [0.3, 0.4) is 0 Å². The largest absolute Gasteiger partial charge is 0.504 e. The molecule has 1 atom stereocenters. The first-order valence-corrected chi connectivity index (χ1v) is 7.88. The standard InChI is InChI=1S/C19H19N3O2/c1-11-5-4-6-14-15-9-12(2)21-22(15)19(20-18(11)14)13-7-8-16(23)17(10-13)24-3/h4-10,19-20,23H,1-3H3/t19-/m0/s1. The number of aromatic hydroxyl groups is 1. The van der Waals surface area contributed by atoms with Crippen molar-refractivity contribution in [1.82, 2.24) is 9.78 Å². The zero-order chi connectivity index (χ0) is 16.8. The lowest BCUT2D eigenvalue weighted by Crippen LogP contribution is -2.26. The first-order valence-electron chi connectivity index (χ1n) is 7.88.